The second kappa shape index (κ2) is 8.87. The van der Waals surface area contributed by atoms with E-state index in [0.717, 1.165) is 0 Å². The van der Waals surface area contributed by atoms with Crippen LogP contribution in [-0.4, -0.2) is 29.6 Å². The van der Waals surface area contributed by atoms with Crippen molar-refractivity contribution in [2.24, 2.45) is 0 Å². The van der Waals surface area contributed by atoms with Crippen molar-refractivity contribution in [2.75, 3.05) is 0 Å². The quantitative estimate of drug-likeness (QED) is 0.430. The van der Waals surface area contributed by atoms with Gasteiger partial charge in [0.2, 0.25) is 0 Å². The molecule has 0 bridgehead atoms. The van der Waals surface area contributed by atoms with E-state index in [4.69, 9.17) is 5.26 Å². The molecule has 0 unspecified atom stereocenters. The van der Waals surface area contributed by atoms with E-state index in [-0.39, 0.29) is 29.6 Å². The monoisotopic (exact) mass is 157 g/mol. The molecule has 22 valence electrons. The van der Waals surface area contributed by atoms with Crippen LogP contribution >= 0.6 is 0 Å². The Hall–Kier alpha value is 1.23. The minimum atomic E-state index is 0. The average Bonchev–Trinajstić information content (AvgIpc) is 0.918. The zero-order valence-corrected chi connectivity index (χ0v) is 2.73. The van der Waals surface area contributed by atoms with Crippen molar-refractivity contribution < 1.29 is 21.1 Å². The molecule has 0 aromatic rings. The molecule has 0 radical (unpaired) electrons. The summed E-state index contributed by atoms with van der Waals surface area (Å²) >= 11 is 2.46. The summed E-state index contributed by atoms with van der Waals surface area (Å²) in [4.78, 5) is 0. The van der Waals surface area contributed by atoms with Gasteiger partial charge in [-0.25, -0.2) is 0 Å². The van der Waals surface area contributed by atoms with Gasteiger partial charge in [0.25, 0.3) is 0 Å². The number of hydrogen-bond donors (Lipinski definition) is 0. The Morgan fingerprint density at radius 2 is 1.75 bits per heavy atom. The van der Waals surface area contributed by atoms with Crippen molar-refractivity contribution >= 4 is 29.6 Å². The Labute approximate surface area is 59.6 Å². The molecule has 0 spiro atoms. The molecule has 0 aromatic heterocycles. The predicted molar refractivity (Wildman–Crippen MR) is 12.8 cm³/mol. The summed E-state index contributed by atoms with van der Waals surface area (Å²) in [5.74, 6) is 0. The van der Waals surface area contributed by atoms with E-state index in [1.165, 1.54) is 0 Å². The average molecular weight is 158 g/mol. The van der Waals surface area contributed by atoms with Crippen molar-refractivity contribution in [3.63, 3.8) is 0 Å². The van der Waals surface area contributed by atoms with Crippen molar-refractivity contribution in [3.8, 4) is 4.29 Å². The Morgan fingerprint density at radius 1 is 1.75 bits per heavy atom. The van der Waals surface area contributed by atoms with E-state index in [1.807, 2.05) is 0 Å². The van der Waals surface area contributed by atoms with Crippen molar-refractivity contribution in [1.82, 2.24) is 0 Å². The first-order valence-corrected chi connectivity index (χ1v) is 1.12. The summed E-state index contributed by atoms with van der Waals surface area (Å²) in [6.07, 6.45) is 0. The zero-order chi connectivity index (χ0) is 2.71. The Kier molecular flexibility index (Phi) is 19.9. The summed E-state index contributed by atoms with van der Waals surface area (Å²) in [6.45, 7) is 0. The molecule has 0 aliphatic rings. The van der Waals surface area contributed by atoms with Gasteiger partial charge >= 0.3 is 60.2 Å². The van der Waals surface area contributed by atoms with Crippen molar-refractivity contribution in [2.45, 2.75) is 0 Å². The molecule has 0 amide bonds. The summed E-state index contributed by atoms with van der Waals surface area (Å²) in [5.41, 5.74) is 0. The first-order chi connectivity index (χ1) is 1.41. The van der Waals surface area contributed by atoms with Crippen LogP contribution in [0.4, 0.5) is 0 Å². The Balaban J connectivity index is 0. The minimum absolute atomic E-state index is 0. The molecular formula is CHAgNNa. The van der Waals surface area contributed by atoms with Gasteiger partial charge < -0.3 is 0 Å². The molecular weight excluding hydrogens is 157 g/mol. The van der Waals surface area contributed by atoms with Crippen LogP contribution in [0.1, 0.15) is 0 Å². The summed E-state index contributed by atoms with van der Waals surface area (Å²) in [7, 11) is 0. The van der Waals surface area contributed by atoms with Crippen LogP contribution in [0.15, 0.2) is 0 Å². The fourth-order valence-corrected chi connectivity index (χ4v) is 0. The van der Waals surface area contributed by atoms with Crippen LogP contribution in [0.5, 0.6) is 0 Å². The predicted octanol–water partition coefficient (Wildman–Crippen LogP) is -0.634. The molecule has 3 heteroatoms. The van der Waals surface area contributed by atoms with E-state index in [9.17, 15) is 0 Å². The number of rotatable bonds is 0. The Bertz CT molecular complexity index is 29.5. The molecule has 4 heavy (non-hydrogen) atoms. The Morgan fingerprint density at radius 3 is 1.75 bits per heavy atom. The van der Waals surface area contributed by atoms with Gasteiger partial charge in [-0.2, -0.15) is 0 Å². The number of nitrogens with zero attached hydrogens (tertiary/aromatic N) is 1. The van der Waals surface area contributed by atoms with E-state index in [0.29, 0.717) is 0 Å². The SMILES string of the molecule is N#[C][Ag].[NaH]. The van der Waals surface area contributed by atoms with E-state index >= 15 is 0 Å². The fraction of sp³-hybridized carbons (Fsp3) is 0. The number of nitriles is 1. The molecule has 0 aliphatic carbocycles. The summed E-state index contributed by atoms with van der Waals surface area (Å²) < 4.78 is 1.56. The van der Waals surface area contributed by atoms with Crippen LogP contribution in [0.2, 0.25) is 0 Å². The standard InChI is InChI=1S/CN.Ag.Na.H/c1-2;;;. The van der Waals surface area contributed by atoms with Crippen LogP contribution < -0.4 is 0 Å². The first-order valence-electron chi connectivity index (χ1n) is 0.374. The maximum absolute atomic E-state index is 7.24. The molecule has 0 aromatic carbocycles. The second-order valence-corrected chi connectivity index (χ2v) is 0.399. The molecule has 0 saturated carbocycles. The molecule has 0 rings (SSSR count). The summed E-state index contributed by atoms with van der Waals surface area (Å²) in [6, 6.07) is 0. The summed E-state index contributed by atoms with van der Waals surface area (Å²) in [5, 5.41) is 7.24. The zero-order valence-electron chi connectivity index (χ0n) is 1.25. The normalized spacial score (nSPS) is 2.25. The molecule has 0 N–H and O–H groups in total. The van der Waals surface area contributed by atoms with Gasteiger partial charge in [-0.15, -0.1) is 0 Å². The first kappa shape index (κ1) is 8.97. The van der Waals surface area contributed by atoms with Crippen LogP contribution in [0.3, 0.4) is 0 Å². The van der Waals surface area contributed by atoms with Gasteiger partial charge in [0, 0.05) is 0 Å². The molecule has 1 nitrogen and oxygen atoms in total. The molecule has 0 saturated heterocycles. The van der Waals surface area contributed by atoms with Crippen molar-refractivity contribution in [3.05, 3.63) is 0 Å². The fourth-order valence-electron chi connectivity index (χ4n) is 0. The van der Waals surface area contributed by atoms with Gasteiger partial charge in [-0.05, 0) is 0 Å². The topological polar surface area (TPSA) is 23.8 Å². The van der Waals surface area contributed by atoms with Crippen LogP contribution in [-0.2, 0) is 21.1 Å². The van der Waals surface area contributed by atoms with Crippen molar-refractivity contribution in [1.29, 1.82) is 5.26 Å². The van der Waals surface area contributed by atoms with E-state index in [1.54, 1.807) is 4.29 Å². The van der Waals surface area contributed by atoms with Gasteiger partial charge in [0.15, 0.2) is 0 Å². The van der Waals surface area contributed by atoms with Gasteiger partial charge in [-0.1, -0.05) is 0 Å². The molecule has 0 fully saturated rings. The number of hydrogen-bond acceptors (Lipinski definition) is 1. The van der Waals surface area contributed by atoms with Crippen LogP contribution in [0, 0.1) is 9.55 Å². The molecule has 0 atom stereocenters. The van der Waals surface area contributed by atoms with E-state index < -0.39 is 0 Å². The van der Waals surface area contributed by atoms with Gasteiger partial charge in [0.05, 0.1) is 0 Å². The molecule has 0 aliphatic heterocycles. The third-order valence-electron chi connectivity index (χ3n) is 0. The third-order valence-corrected chi connectivity index (χ3v) is 0. The van der Waals surface area contributed by atoms with Gasteiger partial charge in [-0.3, -0.25) is 0 Å². The van der Waals surface area contributed by atoms with Crippen LogP contribution in [0.25, 0.3) is 0 Å². The second-order valence-electron chi connectivity index (χ2n) is 0.0674. The van der Waals surface area contributed by atoms with E-state index in [2.05, 4.69) is 21.1 Å². The molecule has 0 heterocycles. The third kappa shape index (κ3) is 10.6. The maximum atomic E-state index is 7.24. The van der Waals surface area contributed by atoms with Gasteiger partial charge in [0.1, 0.15) is 0 Å².